The number of benzene rings is 1. The molecule has 0 fully saturated rings. The van der Waals surface area contributed by atoms with Crippen LogP contribution < -0.4 is 4.74 Å². The predicted octanol–water partition coefficient (Wildman–Crippen LogP) is 5.44. The van der Waals surface area contributed by atoms with Crippen LogP contribution in [0.25, 0.3) is 11.0 Å². The largest absolute Gasteiger partial charge is 0.508 e. The Labute approximate surface area is 215 Å². The molecule has 2 heterocycles. The van der Waals surface area contributed by atoms with Crippen molar-refractivity contribution in [3.05, 3.63) is 47.8 Å². The Kier molecular flexibility index (Phi) is 9.61. The number of aromatic nitrogens is 3. The maximum atomic E-state index is 13.3. The summed E-state index contributed by atoms with van der Waals surface area (Å²) in [5.74, 6) is 0.347. The van der Waals surface area contributed by atoms with E-state index in [1.165, 1.54) is 33.5 Å². The lowest BCUT2D eigenvalue weighted by atomic mass is 10.2. The third-order valence-corrected chi connectivity index (χ3v) is 6.11. The molecule has 3 aromatic rings. The molecule has 0 atom stereocenters. The van der Waals surface area contributed by atoms with Gasteiger partial charge in [-0.2, -0.15) is 13.2 Å². The molecule has 0 aliphatic heterocycles. The van der Waals surface area contributed by atoms with Crippen molar-refractivity contribution in [2.75, 3.05) is 33.4 Å². The second kappa shape index (κ2) is 12.7. The van der Waals surface area contributed by atoms with Crippen LogP contribution in [0.4, 0.5) is 22.8 Å². The summed E-state index contributed by atoms with van der Waals surface area (Å²) in [6.07, 6.45) is -3.42. The van der Waals surface area contributed by atoms with Crippen molar-refractivity contribution in [1.29, 1.82) is 0 Å². The smallest absolute Gasteiger partial charge is 0.484 e. The summed E-state index contributed by atoms with van der Waals surface area (Å²) in [4.78, 5) is 35.0. The minimum absolute atomic E-state index is 0.0947. The molecule has 37 heavy (non-hydrogen) atoms. The molecule has 13 heteroatoms. The van der Waals surface area contributed by atoms with Crippen LogP contribution in [0.1, 0.15) is 24.6 Å². The summed E-state index contributed by atoms with van der Waals surface area (Å²) < 4.78 is 53.8. The van der Waals surface area contributed by atoms with E-state index in [9.17, 15) is 22.8 Å². The van der Waals surface area contributed by atoms with Crippen molar-refractivity contribution in [1.82, 2.24) is 19.4 Å². The minimum atomic E-state index is -4.45. The van der Waals surface area contributed by atoms with Gasteiger partial charge in [-0.1, -0.05) is 23.9 Å². The van der Waals surface area contributed by atoms with E-state index in [0.717, 1.165) is 0 Å². The molecule has 1 amide bonds. The van der Waals surface area contributed by atoms with Gasteiger partial charge in [-0.05, 0) is 38.5 Å². The standard InChI is InChI=1S/C24H27F3N4O5S/c1-4-34-23(33)35-13-7-12-30(3)22(32)31-19-9-6-5-8-17(19)29-21(31)37-14-18-16(2)20(10-11-28-18)36-15-24(25,26)27/h5-6,8-11H,4,7,12-15H2,1-3H3. The molecule has 0 saturated heterocycles. The molecule has 0 aliphatic carbocycles. The van der Waals surface area contributed by atoms with E-state index < -0.39 is 18.9 Å². The quantitative estimate of drug-likeness (QED) is 0.191. The van der Waals surface area contributed by atoms with Gasteiger partial charge in [0.15, 0.2) is 11.8 Å². The Bertz CT molecular complexity index is 1230. The first-order valence-corrected chi connectivity index (χ1v) is 12.4. The lowest BCUT2D eigenvalue weighted by Crippen LogP contribution is -2.33. The number of hydrogen-bond donors (Lipinski definition) is 0. The second-order valence-electron chi connectivity index (χ2n) is 7.88. The molecule has 0 radical (unpaired) electrons. The predicted molar refractivity (Wildman–Crippen MR) is 131 cm³/mol. The van der Waals surface area contributed by atoms with Gasteiger partial charge in [0.25, 0.3) is 0 Å². The summed E-state index contributed by atoms with van der Waals surface area (Å²) in [5, 5.41) is 0.406. The van der Waals surface area contributed by atoms with E-state index in [1.54, 1.807) is 39.1 Å². The van der Waals surface area contributed by atoms with Crippen LogP contribution in [-0.2, 0) is 15.2 Å². The summed E-state index contributed by atoms with van der Waals surface area (Å²) in [5.41, 5.74) is 2.22. The Morgan fingerprint density at radius 2 is 1.92 bits per heavy atom. The molecule has 200 valence electrons. The van der Waals surface area contributed by atoms with E-state index in [1.807, 2.05) is 6.07 Å². The van der Waals surface area contributed by atoms with Gasteiger partial charge in [-0.3, -0.25) is 4.98 Å². The first-order valence-electron chi connectivity index (χ1n) is 11.4. The molecular weight excluding hydrogens is 513 g/mol. The van der Waals surface area contributed by atoms with Crippen LogP contribution in [0.15, 0.2) is 41.7 Å². The van der Waals surface area contributed by atoms with E-state index >= 15 is 0 Å². The van der Waals surface area contributed by atoms with Crippen LogP contribution >= 0.6 is 11.8 Å². The van der Waals surface area contributed by atoms with E-state index in [4.69, 9.17) is 14.2 Å². The Balaban J connectivity index is 1.73. The molecular formula is C24H27F3N4O5S. The van der Waals surface area contributed by atoms with Crippen LogP contribution in [-0.4, -0.2) is 71.2 Å². The van der Waals surface area contributed by atoms with Crippen LogP contribution in [0, 0.1) is 6.92 Å². The average molecular weight is 541 g/mol. The Morgan fingerprint density at radius 3 is 2.65 bits per heavy atom. The van der Waals surface area contributed by atoms with Gasteiger partial charge >= 0.3 is 18.4 Å². The number of ether oxygens (including phenoxy) is 3. The van der Waals surface area contributed by atoms with Gasteiger partial charge in [-0.25, -0.2) is 19.1 Å². The molecule has 0 bridgehead atoms. The van der Waals surface area contributed by atoms with Gasteiger partial charge < -0.3 is 19.1 Å². The molecule has 0 aliphatic rings. The maximum Gasteiger partial charge on any atom is 0.508 e. The van der Waals surface area contributed by atoms with E-state index in [2.05, 4.69) is 9.97 Å². The van der Waals surface area contributed by atoms with Crippen molar-refractivity contribution < 1.29 is 37.0 Å². The van der Waals surface area contributed by atoms with Crippen molar-refractivity contribution in [3.8, 4) is 5.75 Å². The van der Waals surface area contributed by atoms with Crippen LogP contribution in [0.2, 0.25) is 0 Å². The van der Waals surface area contributed by atoms with Crippen molar-refractivity contribution in [2.24, 2.45) is 0 Å². The number of thioether (sulfide) groups is 1. The van der Waals surface area contributed by atoms with E-state index in [-0.39, 0.29) is 30.7 Å². The van der Waals surface area contributed by atoms with Crippen LogP contribution in [0.3, 0.4) is 0 Å². The molecule has 1 aromatic carbocycles. The summed E-state index contributed by atoms with van der Waals surface area (Å²) >= 11 is 1.23. The van der Waals surface area contributed by atoms with Gasteiger partial charge in [0, 0.05) is 31.1 Å². The molecule has 0 unspecified atom stereocenters. The van der Waals surface area contributed by atoms with Crippen molar-refractivity contribution in [3.63, 3.8) is 0 Å². The van der Waals surface area contributed by atoms with Crippen molar-refractivity contribution in [2.45, 2.75) is 37.4 Å². The number of carbonyl (C=O) groups is 2. The summed E-state index contributed by atoms with van der Waals surface area (Å²) in [6.45, 7) is 2.54. The molecule has 9 nitrogen and oxygen atoms in total. The number of amides is 1. The monoisotopic (exact) mass is 540 g/mol. The zero-order chi connectivity index (χ0) is 27.0. The lowest BCUT2D eigenvalue weighted by molar-refractivity contribution is -0.153. The average Bonchev–Trinajstić information content (AvgIpc) is 3.22. The first kappa shape index (κ1) is 28.1. The van der Waals surface area contributed by atoms with Gasteiger partial charge in [0.1, 0.15) is 5.75 Å². The number of rotatable bonds is 10. The topological polar surface area (TPSA) is 95.8 Å². The summed E-state index contributed by atoms with van der Waals surface area (Å²) in [7, 11) is 1.63. The third-order valence-electron chi connectivity index (χ3n) is 5.16. The second-order valence-corrected chi connectivity index (χ2v) is 8.82. The highest BCUT2D eigenvalue weighted by molar-refractivity contribution is 7.98. The Morgan fingerprint density at radius 1 is 1.16 bits per heavy atom. The van der Waals surface area contributed by atoms with Gasteiger partial charge in [-0.15, -0.1) is 0 Å². The number of imidazole rings is 1. The molecule has 0 N–H and O–H groups in total. The first-order chi connectivity index (χ1) is 17.6. The Hall–Kier alpha value is -3.48. The highest BCUT2D eigenvalue weighted by Crippen LogP contribution is 2.30. The fraction of sp³-hybridized carbons (Fsp3) is 0.417. The van der Waals surface area contributed by atoms with Crippen LogP contribution in [0.5, 0.6) is 5.75 Å². The maximum absolute atomic E-state index is 13.3. The normalized spacial score (nSPS) is 11.4. The molecule has 3 rings (SSSR count). The third kappa shape index (κ3) is 7.75. The number of fused-ring (bicyclic) bond motifs is 1. The highest BCUT2D eigenvalue weighted by Gasteiger charge is 2.29. The van der Waals surface area contributed by atoms with Gasteiger partial charge in [0.2, 0.25) is 0 Å². The van der Waals surface area contributed by atoms with Gasteiger partial charge in [0.05, 0.1) is 29.9 Å². The number of alkyl halides is 3. The number of para-hydroxylation sites is 2. The molecule has 0 saturated carbocycles. The van der Waals surface area contributed by atoms with E-state index in [0.29, 0.717) is 40.4 Å². The SMILES string of the molecule is CCOC(=O)OCCCN(C)C(=O)n1c(SCc2nccc(OCC(F)(F)F)c2C)nc2ccccc21. The summed E-state index contributed by atoms with van der Waals surface area (Å²) in [6, 6.07) is 8.21. The molecule has 2 aromatic heterocycles. The molecule has 0 spiro atoms. The lowest BCUT2D eigenvalue weighted by Gasteiger charge is -2.19. The van der Waals surface area contributed by atoms with Crippen molar-refractivity contribution >= 4 is 35.0 Å². The minimum Gasteiger partial charge on any atom is -0.484 e. The number of pyridine rings is 1. The number of carbonyl (C=O) groups excluding carboxylic acids is 2. The number of hydrogen-bond acceptors (Lipinski definition) is 8. The highest BCUT2D eigenvalue weighted by atomic mass is 32.2. The zero-order valence-corrected chi connectivity index (χ0v) is 21.4. The fourth-order valence-corrected chi connectivity index (χ4v) is 4.35. The fourth-order valence-electron chi connectivity index (χ4n) is 3.32. The zero-order valence-electron chi connectivity index (χ0n) is 20.6. The number of halogens is 3. The number of nitrogens with zero attached hydrogens (tertiary/aromatic N) is 4.